The number of aryl methyl sites for hydroxylation is 1. The van der Waals surface area contributed by atoms with E-state index in [2.05, 4.69) is 58.1 Å². The number of rotatable bonds is 7. The molecule has 0 aliphatic heterocycles. The topological polar surface area (TPSA) is 21.3 Å². The lowest BCUT2D eigenvalue weighted by Crippen LogP contribution is -2.27. The average molecular weight is 249 g/mol. The lowest BCUT2D eigenvalue weighted by Gasteiger charge is -2.15. The summed E-state index contributed by atoms with van der Waals surface area (Å²) < 4.78 is 5.90. The van der Waals surface area contributed by atoms with E-state index in [1.54, 1.807) is 0 Å². The van der Waals surface area contributed by atoms with Gasteiger partial charge < -0.3 is 10.1 Å². The van der Waals surface area contributed by atoms with E-state index in [-0.39, 0.29) is 0 Å². The van der Waals surface area contributed by atoms with E-state index >= 15 is 0 Å². The Bertz CT molecular complexity index is 360. The van der Waals surface area contributed by atoms with Gasteiger partial charge in [0, 0.05) is 6.04 Å². The molecule has 18 heavy (non-hydrogen) atoms. The molecule has 0 bridgehead atoms. The predicted molar refractivity (Wildman–Crippen MR) is 78.5 cm³/mol. The molecule has 0 aliphatic rings. The van der Waals surface area contributed by atoms with Crippen LogP contribution in [0.25, 0.3) is 0 Å². The summed E-state index contributed by atoms with van der Waals surface area (Å²) in [6.45, 7) is 12.6. The lowest BCUT2D eigenvalue weighted by atomic mass is 10.0. The van der Waals surface area contributed by atoms with Crippen molar-refractivity contribution in [3.63, 3.8) is 0 Å². The van der Waals surface area contributed by atoms with Crippen LogP contribution in [0.3, 0.4) is 0 Å². The summed E-state index contributed by atoms with van der Waals surface area (Å²) in [7, 11) is 0. The SMILES string of the molecule is CCNC(C)CCOc1cc(C(C)C)ccc1C. The Kier molecular flexibility index (Phi) is 6.20. The highest BCUT2D eigenvalue weighted by atomic mass is 16.5. The van der Waals surface area contributed by atoms with Crippen molar-refractivity contribution < 1.29 is 4.74 Å². The highest BCUT2D eigenvalue weighted by Gasteiger charge is 2.06. The molecule has 1 aromatic carbocycles. The fourth-order valence-electron chi connectivity index (χ4n) is 1.93. The summed E-state index contributed by atoms with van der Waals surface area (Å²) >= 11 is 0. The van der Waals surface area contributed by atoms with Gasteiger partial charge in [-0.3, -0.25) is 0 Å². The summed E-state index contributed by atoms with van der Waals surface area (Å²) in [6, 6.07) is 7.04. The fourth-order valence-corrected chi connectivity index (χ4v) is 1.93. The summed E-state index contributed by atoms with van der Waals surface area (Å²) in [5.74, 6) is 1.58. The van der Waals surface area contributed by atoms with E-state index in [0.717, 1.165) is 25.3 Å². The molecule has 0 aromatic heterocycles. The summed E-state index contributed by atoms with van der Waals surface area (Å²) in [5.41, 5.74) is 2.56. The molecule has 2 nitrogen and oxygen atoms in total. The quantitative estimate of drug-likeness (QED) is 0.791. The van der Waals surface area contributed by atoms with Crippen LogP contribution in [0.5, 0.6) is 5.75 Å². The highest BCUT2D eigenvalue weighted by molar-refractivity contribution is 5.37. The van der Waals surface area contributed by atoms with Crippen molar-refractivity contribution in [2.24, 2.45) is 0 Å². The molecule has 0 amide bonds. The second kappa shape index (κ2) is 7.42. The van der Waals surface area contributed by atoms with Crippen LogP contribution in [0.1, 0.15) is 51.2 Å². The number of hydrogen-bond acceptors (Lipinski definition) is 2. The van der Waals surface area contributed by atoms with Crippen LogP contribution in [0.4, 0.5) is 0 Å². The van der Waals surface area contributed by atoms with E-state index < -0.39 is 0 Å². The zero-order chi connectivity index (χ0) is 13.5. The number of hydrogen-bond donors (Lipinski definition) is 1. The molecule has 102 valence electrons. The first kappa shape index (κ1) is 15.0. The summed E-state index contributed by atoms with van der Waals surface area (Å²) in [4.78, 5) is 0. The van der Waals surface area contributed by atoms with Crippen molar-refractivity contribution >= 4 is 0 Å². The molecule has 0 saturated heterocycles. The Morgan fingerprint density at radius 3 is 2.56 bits per heavy atom. The predicted octanol–water partition coefficient (Wildman–Crippen LogP) is 3.89. The van der Waals surface area contributed by atoms with Crippen molar-refractivity contribution in [2.75, 3.05) is 13.2 Å². The number of ether oxygens (including phenoxy) is 1. The molecule has 1 aromatic rings. The molecular weight excluding hydrogens is 222 g/mol. The maximum Gasteiger partial charge on any atom is 0.122 e. The van der Waals surface area contributed by atoms with Crippen LogP contribution < -0.4 is 10.1 Å². The molecule has 0 saturated carbocycles. The van der Waals surface area contributed by atoms with Crippen LogP contribution in [-0.4, -0.2) is 19.2 Å². The minimum absolute atomic E-state index is 0.517. The first-order valence-corrected chi connectivity index (χ1v) is 7.01. The first-order chi connectivity index (χ1) is 8.54. The van der Waals surface area contributed by atoms with Crippen LogP contribution in [0.15, 0.2) is 18.2 Å². The monoisotopic (exact) mass is 249 g/mol. The van der Waals surface area contributed by atoms with Crippen LogP contribution in [0.2, 0.25) is 0 Å². The fraction of sp³-hybridized carbons (Fsp3) is 0.625. The second-order valence-electron chi connectivity index (χ2n) is 5.28. The molecule has 0 fully saturated rings. The molecule has 0 radical (unpaired) electrons. The Morgan fingerprint density at radius 2 is 1.94 bits per heavy atom. The number of benzene rings is 1. The Balaban J connectivity index is 2.53. The molecule has 0 heterocycles. The second-order valence-corrected chi connectivity index (χ2v) is 5.28. The summed E-state index contributed by atoms with van der Waals surface area (Å²) in [6.07, 6.45) is 1.04. The van der Waals surface area contributed by atoms with E-state index in [0.29, 0.717) is 12.0 Å². The molecule has 1 rings (SSSR count). The zero-order valence-corrected chi connectivity index (χ0v) is 12.4. The van der Waals surface area contributed by atoms with Crippen molar-refractivity contribution in [3.05, 3.63) is 29.3 Å². The van der Waals surface area contributed by atoms with Gasteiger partial charge in [0.15, 0.2) is 0 Å². The van der Waals surface area contributed by atoms with Gasteiger partial charge in [-0.05, 0) is 49.9 Å². The van der Waals surface area contributed by atoms with Gasteiger partial charge in [-0.1, -0.05) is 32.9 Å². The Labute approximate surface area is 112 Å². The lowest BCUT2D eigenvalue weighted by molar-refractivity contribution is 0.289. The van der Waals surface area contributed by atoms with Crippen molar-refractivity contribution in [3.8, 4) is 5.75 Å². The van der Waals surface area contributed by atoms with Gasteiger partial charge in [0.05, 0.1) is 6.61 Å². The largest absolute Gasteiger partial charge is 0.493 e. The van der Waals surface area contributed by atoms with Gasteiger partial charge in [-0.25, -0.2) is 0 Å². The number of nitrogens with one attached hydrogen (secondary N) is 1. The van der Waals surface area contributed by atoms with Gasteiger partial charge in [-0.2, -0.15) is 0 Å². The van der Waals surface area contributed by atoms with Crippen molar-refractivity contribution in [2.45, 2.75) is 53.0 Å². The molecule has 0 spiro atoms. The molecular formula is C16H27NO. The van der Waals surface area contributed by atoms with E-state index in [9.17, 15) is 0 Å². The zero-order valence-electron chi connectivity index (χ0n) is 12.4. The van der Waals surface area contributed by atoms with Crippen molar-refractivity contribution in [1.29, 1.82) is 0 Å². The molecule has 1 N–H and O–H groups in total. The third kappa shape index (κ3) is 4.69. The van der Waals surface area contributed by atoms with Crippen molar-refractivity contribution in [1.82, 2.24) is 5.32 Å². The van der Waals surface area contributed by atoms with Gasteiger partial charge in [0.2, 0.25) is 0 Å². The van der Waals surface area contributed by atoms with Crippen LogP contribution in [0, 0.1) is 6.92 Å². The maximum atomic E-state index is 5.90. The Hall–Kier alpha value is -1.02. The highest BCUT2D eigenvalue weighted by Crippen LogP contribution is 2.24. The van der Waals surface area contributed by atoms with Gasteiger partial charge in [0.1, 0.15) is 5.75 Å². The van der Waals surface area contributed by atoms with E-state index in [4.69, 9.17) is 4.74 Å². The van der Waals surface area contributed by atoms with Gasteiger partial charge in [0.25, 0.3) is 0 Å². The Morgan fingerprint density at radius 1 is 1.22 bits per heavy atom. The average Bonchev–Trinajstić information content (AvgIpc) is 2.31. The van der Waals surface area contributed by atoms with Crippen LogP contribution in [-0.2, 0) is 0 Å². The van der Waals surface area contributed by atoms with Gasteiger partial charge in [-0.15, -0.1) is 0 Å². The molecule has 0 aliphatic carbocycles. The molecule has 1 unspecified atom stereocenters. The third-order valence-electron chi connectivity index (χ3n) is 3.24. The third-order valence-corrected chi connectivity index (χ3v) is 3.24. The molecule has 2 heteroatoms. The summed E-state index contributed by atoms with van der Waals surface area (Å²) in [5, 5.41) is 3.40. The normalized spacial score (nSPS) is 12.8. The maximum absolute atomic E-state index is 5.90. The van der Waals surface area contributed by atoms with E-state index in [1.807, 2.05) is 0 Å². The molecule has 1 atom stereocenters. The van der Waals surface area contributed by atoms with Crippen LogP contribution >= 0.6 is 0 Å². The minimum Gasteiger partial charge on any atom is -0.493 e. The van der Waals surface area contributed by atoms with Gasteiger partial charge >= 0.3 is 0 Å². The smallest absolute Gasteiger partial charge is 0.122 e. The van der Waals surface area contributed by atoms with E-state index in [1.165, 1.54) is 11.1 Å². The first-order valence-electron chi connectivity index (χ1n) is 7.01. The standard InChI is InChI=1S/C16H27NO/c1-6-17-14(5)9-10-18-16-11-15(12(2)3)8-7-13(16)4/h7-8,11-12,14,17H,6,9-10H2,1-5H3. The minimum atomic E-state index is 0.517.